The van der Waals surface area contributed by atoms with E-state index < -0.39 is 6.16 Å². The van der Waals surface area contributed by atoms with Crippen LogP contribution in [0.4, 0.5) is 4.79 Å². The molecule has 0 aliphatic carbocycles. The van der Waals surface area contributed by atoms with Gasteiger partial charge < -0.3 is 14.2 Å². The minimum absolute atomic E-state index is 0.0242. The molecule has 0 atom stereocenters. The minimum Gasteiger partial charge on any atom is -0.427 e. The van der Waals surface area contributed by atoms with Gasteiger partial charge in [-0.05, 0) is 69.6 Å². The zero-order chi connectivity index (χ0) is 28.2. The fourth-order valence-corrected chi connectivity index (χ4v) is 4.30. The van der Waals surface area contributed by atoms with Crippen molar-refractivity contribution in [3.05, 3.63) is 114 Å². The highest BCUT2D eigenvalue weighted by atomic mass is 16.7. The summed E-state index contributed by atoms with van der Waals surface area (Å²) in [5.41, 5.74) is 5.25. The van der Waals surface area contributed by atoms with E-state index in [4.69, 9.17) is 14.2 Å². The van der Waals surface area contributed by atoms with Crippen LogP contribution < -0.4 is 14.2 Å². The van der Waals surface area contributed by atoms with Crippen LogP contribution in [0.1, 0.15) is 58.2 Å². The molecule has 5 nitrogen and oxygen atoms in total. The molecule has 0 saturated heterocycles. The van der Waals surface area contributed by atoms with Crippen LogP contribution in [-0.4, -0.2) is 12.1 Å². The van der Waals surface area contributed by atoms with Crippen LogP contribution in [-0.2, 0) is 15.6 Å². The Morgan fingerprint density at radius 2 is 0.821 bits per heavy atom. The van der Waals surface area contributed by atoms with Crippen molar-refractivity contribution >= 4 is 12.1 Å². The van der Waals surface area contributed by atoms with Gasteiger partial charge in [0.05, 0.1) is 0 Å². The van der Waals surface area contributed by atoms with Crippen molar-refractivity contribution < 1.29 is 23.8 Å². The molecular formula is C34H34O5. The van der Waals surface area contributed by atoms with E-state index in [1.54, 1.807) is 36.4 Å². The second-order valence-electron chi connectivity index (χ2n) is 11.1. The normalized spacial score (nSPS) is 11.5. The molecule has 0 aliphatic heterocycles. The van der Waals surface area contributed by atoms with Crippen molar-refractivity contribution in [1.82, 2.24) is 0 Å². The zero-order valence-electron chi connectivity index (χ0n) is 23.3. The molecule has 0 aromatic heterocycles. The van der Waals surface area contributed by atoms with E-state index in [0.29, 0.717) is 17.2 Å². The maximum atomic E-state index is 12.3. The Labute approximate surface area is 230 Å². The van der Waals surface area contributed by atoms with Crippen molar-refractivity contribution in [2.24, 2.45) is 0 Å². The highest BCUT2D eigenvalue weighted by molar-refractivity contribution is 5.70. The van der Waals surface area contributed by atoms with E-state index in [2.05, 4.69) is 58.9 Å². The highest BCUT2D eigenvalue weighted by Crippen LogP contribution is 2.34. The summed E-state index contributed by atoms with van der Waals surface area (Å²) in [6.45, 7) is 12.1. The van der Waals surface area contributed by atoms with E-state index in [1.165, 1.54) is 6.92 Å². The van der Waals surface area contributed by atoms with Crippen molar-refractivity contribution in [2.45, 2.75) is 52.4 Å². The summed E-state index contributed by atoms with van der Waals surface area (Å²) >= 11 is 0. The zero-order valence-corrected chi connectivity index (χ0v) is 23.3. The molecular weight excluding hydrogens is 488 g/mol. The monoisotopic (exact) mass is 522 g/mol. The third-order valence-corrected chi connectivity index (χ3v) is 6.75. The molecule has 200 valence electrons. The lowest BCUT2D eigenvalue weighted by molar-refractivity contribution is -0.131. The number of rotatable bonds is 6. The number of benzene rings is 4. The van der Waals surface area contributed by atoms with Crippen molar-refractivity contribution in [1.29, 1.82) is 0 Å². The summed E-state index contributed by atoms with van der Waals surface area (Å²) in [6, 6.07) is 30.8. The van der Waals surface area contributed by atoms with Gasteiger partial charge >= 0.3 is 12.1 Å². The SMILES string of the molecule is CC(=O)Oc1ccc(-c2ccc(C(C)(C)c3ccc(OC(=O)Oc4ccc(C(C)(C)C)cc4)cc3)cc2)cc1. The van der Waals surface area contributed by atoms with Crippen LogP contribution in [0.25, 0.3) is 11.1 Å². The van der Waals surface area contributed by atoms with Gasteiger partial charge in [-0.15, -0.1) is 0 Å². The second-order valence-corrected chi connectivity index (χ2v) is 11.1. The first-order chi connectivity index (χ1) is 18.4. The fraction of sp³-hybridized carbons (Fsp3) is 0.235. The van der Waals surface area contributed by atoms with Gasteiger partial charge in [-0.25, -0.2) is 4.79 Å². The van der Waals surface area contributed by atoms with E-state index in [0.717, 1.165) is 27.8 Å². The number of hydrogen-bond donors (Lipinski definition) is 0. The fourth-order valence-electron chi connectivity index (χ4n) is 4.30. The van der Waals surface area contributed by atoms with Crippen LogP contribution in [0.2, 0.25) is 0 Å². The summed E-state index contributed by atoms with van der Waals surface area (Å²) in [5, 5.41) is 0. The second kappa shape index (κ2) is 11.2. The minimum atomic E-state index is -0.776. The van der Waals surface area contributed by atoms with Crippen LogP contribution in [0, 0.1) is 0 Å². The molecule has 4 rings (SSSR count). The Kier molecular flexibility index (Phi) is 7.91. The summed E-state index contributed by atoms with van der Waals surface area (Å²) < 4.78 is 15.8. The van der Waals surface area contributed by atoms with Gasteiger partial charge in [0.15, 0.2) is 0 Å². The van der Waals surface area contributed by atoms with E-state index in [-0.39, 0.29) is 16.8 Å². The molecule has 0 spiro atoms. The quantitative estimate of drug-likeness (QED) is 0.144. The van der Waals surface area contributed by atoms with Crippen LogP contribution in [0.5, 0.6) is 17.2 Å². The van der Waals surface area contributed by atoms with Gasteiger partial charge in [0.2, 0.25) is 0 Å². The van der Waals surface area contributed by atoms with Crippen LogP contribution >= 0.6 is 0 Å². The topological polar surface area (TPSA) is 61.8 Å². The molecule has 39 heavy (non-hydrogen) atoms. The predicted octanol–water partition coefficient (Wildman–Crippen LogP) is 8.48. The van der Waals surface area contributed by atoms with E-state index in [1.807, 2.05) is 36.4 Å². The lowest BCUT2D eigenvalue weighted by Crippen LogP contribution is -2.19. The lowest BCUT2D eigenvalue weighted by Gasteiger charge is -2.26. The van der Waals surface area contributed by atoms with Gasteiger partial charge in [-0.1, -0.05) is 95.3 Å². The molecule has 0 N–H and O–H groups in total. The molecule has 0 aliphatic rings. The molecule has 0 radical (unpaired) electrons. The third kappa shape index (κ3) is 6.94. The average Bonchev–Trinajstić information content (AvgIpc) is 2.89. The first-order valence-corrected chi connectivity index (χ1v) is 12.9. The predicted molar refractivity (Wildman–Crippen MR) is 154 cm³/mol. The number of hydrogen-bond acceptors (Lipinski definition) is 5. The number of carbonyl (C=O) groups is 2. The maximum absolute atomic E-state index is 12.3. The summed E-state index contributed by atoms with van der Waals surface area (Å²) in [6.07, 6.45) is -0.776. The average molecular weight is 523 g/mol. The number of ether oxygens (including phenoxy) is 3. The summed E-state index contributed by atoms with van der Waals surface area (Å²) in [5.74, 6) is 1.04. The number of esters is 1. The largest absolute Gasteiger partial charge is 0.519 e. The highest BCUT2D eigenvalue weighted by Gasteiger charge is 2.23. The van der Waals surface area contributed by atoms with Gasteiger partial charge in [0.1, 0.15) is 17.2 Å². The van der Waals surface area contributed by atoms with Gasteiger partial charge in [-0.2, -0.15) is 0 Å². The molecule has 0 amide bonds. The molecule has 0 heterocycles. The van der Waals surface area contributed by atoms with Crippen molar-refractivity contribution in [3.63, 3.8) is 0 Å². The first kappa shape index (κ1) is 27.6. The van der Waals surface area contributed by atoms with Crippen LogP contribution in [0.15, 0.2) is 97.1 Å². The Morgan fingerprint density at radius 3 is 1.23 bits per heavy atom. The molecule has 0 fully saturated rings. The van der Waals surface area contributed by atoms with Crippen LogP contribution in [0.3, 0.4) is 0 Å². The Balaban J connectivity index is 1.39. The Bertz CT molecular complexity index is 1420. The number of carbonyl (C=O) groups excluding carboxylic acids is 2. The van der Waals surface area contributed by atoms with Crippen molar-refractivity contribution in [2.75, 3.05) is 0 Å². The maximum Gasteiger partial charge on any atom is 0.519 e. The van der Waals surface area contributed by atoms with Gasteiger partial charge in [0.25, 0.3) is 0 Å². The molecule has 0 bridgehead atoms. The van der Waals surface area contributed by atoms with Crippen molar-refractivity contribution in [3.8, 4) is 28.4 Å². The Morgan fingerprint density at radius 1 is 0.487 bits per heavy atom. The summed E-state index contributed by atoms with van der Waals surface area (Å²) in [7, 11) is 0. The van der Waals surface area contributed by atoms with Gasteiger partial charge in [0, 0.05) is 12.3 Å². The van der Waals surface area contributed by atoms with Gasteiger partial charge in [-0.3, -0.25) is 4.79 Å². The summed E-state index contributed by atoms with van der Waals surface area (Å²) in [4.78, 5) is 23.4. The molecule has 0 saturated carbocycles. The standard InChI is InChI=1S/C34H34O5/c1-23(35)37-29-17-9-25(10-18-29)24-7-11-27(12-8-24)34(5,6)28-15-21-31(22-16-28)39-32(36)38-30-19-13-26(14-20-30)33(2,3)4/h7-22H,1-6H3. The first-order valence-electron chi connectivity index (χ1n) is 12.9. The Hall–Kier alpha value is -4.38. The lowest BCUT2D eigenvalue weighted by atomic mass is 9.78. The van der Waals surface area contributed by atoms with E-state index >= 15 is 0 Å². The van der Waals surface area contributed by atoms with E-state index in [9.17, 15) is 9.59 Å². The third-order valence-electron chi connectivity index (χ3n) is 6.75. The molecule has 4 aromatic carbocycles. The molecule has 5 heteroatoms. The smallest absolute Gasteiger partial charge is 0.427 e. The molecule has 0 unspecified atom stereocenters. The molecule has 4 aromatic rings.